The van der Waals surface area contributed by atoms with Gasteiger partial charge in [-0.25, -0.2) is 4.79 Å². The summed E-state index contributed by atoms with van der Waals surface area (Å²) in [4.78, 5) is 24.6. The number of amides is 3. The van der Waals surface area contributed by atoms with Crippen molar-refractivity contribution in [2.45, 2.75) is 46.6 Å². The van der Waals surface area contributed by atoms with Gasteiger partial charge in [0.1, 0.15) is 5.54 Å². The van der Waals surface area contributed by atoms with E-state index >= 15 is 0 Å². The van der Waals surface area contributed by atoms with Gasteiger partial charge in [0.2, 0.25) is 0 Å². The molecule has 1 aliphatic rings. The number of hydrogen-bond acceptors (Lipinski definition) is 2. The molecular weight excluding hydrogens is 192 g/mol. The van der Waals surface area contributed by atoms with Gasteiger partial charge in [-0.05, 0) is 25.7 Å². The number of carbonyl (C=O) groups is 2. The van der Waals surface area contributed by atoms with Gasteiger partial charge >= 0.3 is 6.03 Å². The number of nitrogens with one attached hydrogen (secondary N) is 1. The zero-order chi connectivity index (χ0) is 11.9. The van der Waals surface area contributed by atoms with E-state index in [1.54, 1.807) is 18.7 Å². The van der Waals surface area contributed by atoms with E-state index in [4.69, 9.17) is 0 Å². The van der Waals surface area contributed by atoms with Crippen molar-refractivity contribution in [3.8, 4) is 0 Å². The normalized spacial score (nSPS) is 20.7. The fraction of sp³-hybridized carbons (Fsp3) is 0.818. The quantitative estimate of drug-likeness (QED) is 0.709. The molecule has 1 aliphatic heterocycles. The smallest absolute Gasteiger partial charge is 0.310 e. The summed E-state index contributed by atoms with van der Waals surface area (Å²) in [5, 5.41) is 2.34. The largest absolute Gasteiger partial charge is 0.324 e. The highest BCUT2D eigenvalue weighted by Gasteiger charge is 2.45. The molecule has 86 valence electrons. The first-order chi connectivity index (χ1) is 6.64. The van der Waals surface area contributed by atoms with Crippen LogP contribution in [-0.4, -0.2) is 28.9 Å². The summed E-state index contributed by atoms with van der Waals surface area (Å²) < 4.78 is 0. The van der Waals surface area contributed by atoms with Crippen molar-refractivity contribution in [1.82, 2.24) is 10.2 Å². The fourth-order valence-corrected chi connectivity index (χ4v) is 1.52. The highest BCUT2D eigenvalue weighted by molar-refractivity contribution is 6.06. The molecule has 0 spiro atoms. The maximum absolute atomic E-state index is 11.5. The van der Waals surface area contributed by atoms with Crippen LogP contribution in [0.15, 0.2) is 0 Å². The summed E-state index contributed by atoms with van der Waals surface area (Å²) in [6, 6.07) is -0.269. The van der Waals surface area contributed by atoms with Crippen LogP contribution in [0.3, 0.4) is 0 Å². The Morgan fingerprint density at radius 3 is 2.13 bits per heavy atom. The minimum absolute atomic E-state index is 0.169. The van der Waals surface area contributed by atoms with Crippen LogP contribution < -0.4 is 5.32 Å². The van der Waals surface area contributed by atoms with Crippen LogP contribution in [0.5, 0.6) is 0 Å². The number of nitrogens with zero attached hydrogens (tertiary/aromatic N) is 1. The Morgan fingerprint density at radius 1 is 1.27 bits per heavy atom. The van der Waals surface area contributed by atoms with Crippen LogP contribution in [0.25, 0.3) is 0 Å². The van der Waals surface area contributed by atoms with Gasteiger partial charge in [0.15, 0.2) is 0 Å². The van der Waals surface area contributed by atoms with Crippen LogP contribution >= 0.6 is 0 Å². The number of urea groups is 1. The molecule has 1 fully saturated rings. The molecule has 1 heterocycles. The Bertz CT molecular complexity index is 289. The Kier molecular flexibility index (Phi) is 2.81. The Balaban J connectivity index is 2.69. The highest BCUT2D eigenvalue weighted by atomic mass is 16.2. The predicted octanol–water partition coefficient (Wildman–Crippen LogP) is 1.75. The van der Waals surface area contributed by atoms with Gasteiger partial charge in [0.25, 0.3) is 5.91 Å². The molecule has 0 bridgehead atoms. The minimum atomic E-state index is -0.706. The van der Waals surface area contributed by atoms with E-state index in [1.165, 1.54) is 0 Å². The molecule has 0 radical (unpaired) electrons. The first-order valence-electron chi connectivity index (χ1n) is 5.28. The van der Waals surface area contributed by atoms with Gasteiger partial charge < -0.3 is 4.90 Å². The summed E-state index contributed by atoms with van der Waals surface area (Å²) in [5.41, 5.74) is -0.537. The van der Waals surface area contributed by atoms with Crippen molar-refractivity contribution < 1.29 is 9.59 Å². The summed E-state index contributed by atoms with van der Waals surface area (Å²) in [6.07, 6.45) is 0.886. The SMILES string of the molecule is CC(C)(C)CCN1C(=O)NC(=O)C1(C)C. The van der Waals surface area contributed by atoms with E-state index in [-0.39, 0.29) is 17.4 Å². The van der Waals surface area contributed by atoms with E-state index in [0.29, 0.717) is 6.54 Å². The molecule has 15 heavy (non-hydrogen) atoms. The van der Waals surface area contributed by atoms with Crippen molar-refractivity contribution in [2.24, 2.45) is 5.41 Å². The molecule has 3 amide bonds. The minimum Gasteiger partial charge on any atom is -0.310 e. The van der Waals surface area contributed by atoms with Crippen molar-refractivity contribution in [2.75, 3.05) is 6.54 Å². The molecule has 1 saturated heterocycles. The van der Waals surface area contributed by atoms with Gasteiger partial charge in [0, 0.05) is 6.54 Å². The second kappa shape index (κ2) is 3.51. The van der Waals surface area contributed by atoms with E-state index in [0.717, 1.165) is 6.42 Å². The standard InChI is InChI=1S/C11H20N2O2/c1-10(2,3)6-7-13-9(15)12-8(14)11(13,4)5/h6-7H2,1-5H3,(H,12,14,15). The molecule has 0 unspecified atom stereocenters. The number of imide groups is 1. The van der Waals surface area contributed by atoms with E-state index in [9.17, 15) is 9.59 Å². The number of carbonyl (C=O) groups excluding carboxylic acids is 2. The summed E-state index contributed by atoms with van der Waals surface area (Å²) >= 11 is 0. The average molecular weight is 212 g/mol. The van der Waals surface area contributed by atoms with Crippen molar-refractivity contribution >= 4 is 11.9 Å². The third-order valence-electron chi connectivity index (χ3n) is 2.78. The van der Waals surface area contributed by atoms with Gasteiger partial charge in [-0.2, -0.15) is 0 Å². The molecular formula is C11H20N2O2. The summed E-state index contributed by atoms with van der Waals surface area (Å²) in [7, 11) is 0. The predicted molar refractivity (Wildman–Crippen MR) is 58.4 cm³/mol. The lowest BCUT2D eigenvalue weighted by molar-refractivity contribution is -0.125. The molecule has 0 saturated carbocycles. The highest BCUT2D eigenvalue weighted by Crippen LogP contribution is 2.25. The zero-order valence-corrected chi connectivity index (χ0v) is 10.2. The topological polar surface area (TPSA) is 49.4 Å². The molecule has 0 aromatic carbocycles. The molecule has 0 aromatic heterocycles. The first-order valence-corrected chi connectivity index (χ1v) is 5.28. The van der Waals surface area contributed by atoms with Crippen molar-refractivity contribution in [3.05, 3.63) is 0 Å². The zero-order valence-electron chi connectivity index (χ0n) is 10.2. The lowest BCUT2D eigenvalue weighted by Gasteiger charge is -2.30. The van der Waals surface area contributed by atoms with Crippen LogP contribution in [0.2, 0.25) is 0 Å². The Hall–Kier alpha value is -1.06. The number of hydrogen-bond donors (Lipinski definition) is 1. The molecule has 0 aliphatic carbocycles. The molecule has 4 nitrogen and oxygen atoms in total. The average Bonchev–Trinajstić information content (AvgIpc) is 2.18. The summed E-state index contributed by atoms with van der Waals surface area (Å²) in [5.74, 6) is -0.207. The second-order valence-electron chi connectivity index (χ2n) is 5.78. The van der Waals surface area contributed by atoms with Crippen LogP contribution in [0, 0.1) is 5.41 Å². The van der Waals surface area contributed by atoms with E-state index in [1.807, 2.05) is 0 Å². The second-order valence-corrected chi connectivity index (χ2v) is 5.78. The Morgan fingerprint density at radius 2 is 1.80 bits per heavy atom. The number of rotatable bonds is 2. The molecule has 1 rings (SSSR count). The third-order valence-corrected chi connectivity index (χ3v) is 2.78. The molecule has 0 aromatic rings. The maximum Gasteiger partial charge on any atom is 0.324 e. The lowest BCUT2D eigenvalue weighted by atomic mass is 9.91. The van der Waals surface area contributed by atoms with Crippen LogP contribution in [0.1, 0.15) is 41.0 Å². The molecule has 1 N–H and O–H groups in total. The molecule has 4 heteroatoms. The third kappa shape index (κ3) is 2.49. The van der Waals surface area contributed by atoms with Gasteiger partial charge in [-0.3, -0.25) is 10.1 Å². The van der Waals surface area contributed by atoms with Gasteiger partial charge in [-0.15, -0.1) is 0 Å². The van der Waals surface area contributed by atoms with E-state index < -0.39 is 5.54 Å². The first kappa shape index (κ1) is 12.0. The summed E-state index contributed by atoms with van der Waals surface area (Å²) in [6.45, 7) is 10.5. The van der Waals surface area contributed by atoms with Crippen molar-refractivity contribution in [1.29, 1.82) is 0 Å². The lowest BCUT2D eigenvalue weighted by Crippen LogP contribution is -2.45. The van der Waals surface area contributed by atoms with Crippen LogP contribution in [0.4, 0.5) is 4.79 Å². The molecule has 0 atom stereocenters. The van der Waals surface area contributed by atoms with Gasteiger partial charge in [-0.1, -0.05) is 20.8 Å². The monoisotopic (exact) mass is 212 g/mol. The van der Waals surface area contributed by atoms with E-state index in [2.05, 4.69) is 26.1 Å². The van der Waals surface area contributed by atoms with Crippen LogP contribution in [-0.2, 0) is 4.79 Å². The maximum atomic E-state index is 11.5. The Labute approximate surface area is 91.0 Å². The van der Waals surface area contributed by atoms with Crippen molar-refractivity contribution in [3.63, 3.8) is 0 Å². The van der Waals surface area contributed by atoms with Gasteiger partial charge in [0.05, 0.1) is 0 Å². The fourth-order valence-electron chi connectivity index (χ4n) is 1.52.